The van der Waals surface area contributed by atoms with Gasteiger partial charge in [-0.2, -0.15) is 0 Å². The highest BCUT2D eigenvalue weighted by Crippen LogP contribution is 2.40. The highest BCUT2D eigenvalue weighted by atomic mass is 16.6. The zero-order chi connectivity index (χ0) is 16.0. The Kier molecular flexibility index (Phi) is 2.91. The van der Waals surface area contributed by atoms with E-state index in [-0.39, 0.29) is 16.9 Å². The standard InChI is InChI=1S/C19H12O4/c1-11-15-16(19(21)22-11)17(23-18(15)20)14-9-5-8-13(10-14)12-6-3-2-4-7-12/h2-10H,1H3. The molecule has 0 fully saturated rings. The monoisotopic (exact) mass is 304 g/mol. The molecule has 4 heteroatoms. The van der Waals surface area contributed by atoms with Gasteiger partial charge in [0.25, 0.3) is 0 Å². The predicted molar refractivity (Wildman–Crippen MR) is 83.7 cm³/mol. The van der Waals surface area contributed by atoms with E-state index >= 15 is 0 Å². The number of carbonyl (C=O) groups is 2. The maximum Gasteiger partial charge on any atom is 0.348 e. The number of hydrogen-bond acceptors (Lipinski definition) is 4. The molecular weight excluding hydrogens is 292 g/mol. The molecule has 0 aliphatic carbocycles. The summed E-state index contributed by atoms with van der Waals surface area (Å²) in [6.07, 6.45) is 0. The Bertz CT molecular complexity index is 904. The Balaban J connectivity index is 1.85. The molecule has 2 aliphatic heterocycles. The molecule has 2 aliphatic rings. The molecule has 0 aromatic heterocycles. The molecule has 0 saturated carbocycles. The summed E-state index contributed by atoms with van der Waals surface area (Å²) in [5, 5.41) is 0. The minimum Gasteiger partial charge on any atom is -0.427 e. The number of ether oxygens (including phenoxy) is 2. The van der Waals surface area contributed by atoms with Gasteiger partial charge >= 0.3 is 11.9 Å². The zero-order valence-corrected chi connectivity index (χ0v) is 12.3. The van der Waals surface area contributed by atoms with Crippen molar-refractivity contribution in [2.24, 2.45) is 0 Å². The maximum atomic E-state index is 12.0. The number of fused-ring (bicyclic) bond motifs is 1. The first-order chi connectivity index (χ1) is 11.1. The average molecular weight is 304 g/mol. The summed E-state index contributed by atoms with van der Waals surface area (Å²) in [6, 6.07) is 17.4. The summed E-state index contributed by atoms with van der Waals surface area (Å²) in [6.45, 7) is 1.59. The molecule has 2 aromatic carbocycles. The molecule has 0 bridgehead atoms. The summed E-state index contributed by atoms with van der Waals surface area (Å²) in [7, 11) is 0. The van der Waals surface area contributed by atoms with Crippen molar-refractivity contribution in [2.75, 3.05) is 0 Å². The van der Waals surface area contributed by atoms with Gasteiger partial charge in [0.15, 0.2) is 5.76 Å². The first kappa shape index (κ1) is 13.5. The number of allylic oxidation sites excluding steroid dienone is 1. The van der Waals surface area contributed by atoms with Crippen LogP contribution in [0.15, 0.2) is 71.5 Å². The number of esters is 2. The van der Waals surface area contributed by atoms with E-state index < -0.39 is 11.9 Å². The van der Waals surface area contributed by atoms with Gasteiger partial charge in [0.05, 0.1) is 0 Å². The third-order valence-electron chi connectivity index (χ3n) is 3.91. The molecule has 0 spiro atoms. The summed E-state index contributed by atoms with van der Waals surface area (Å²) >= 11 is 0. The van der Waals surface area contributed by atoms with Crippen LogP contribution in [-0.2, 0) is 19.1 Å². The maximum absolute atomic E-state index is 12.0. The van der Waals surface area contributed by atoms with Gasteiger partial charge in [0, 0.05) is 5.56 Å². The third-order valence-corrected chi connectivity index (χ3v) is 3.91. The van der Waals surface area contributed by atoms with Crippen molar-refractivity contribution < 1.29 is 19.1 Å². The molecule has 4 nitrogen and oxygen atoms in total. The van der Waals surface area contributed by atoms with Gasteiger partial charge in [-0.1, -0.05) is 48.5 Å². The highest BCUT2D eigenvalue weighted by molar-refractivity contribution is 6.19. The van der Waals surface area contributed by atoms with Crippen LogP contribution in [0.3, 0.4) is 0 Å². The second-order valence-electron chi connectivity index (χ2n) is 5.36. The van der Waals surface area contributed by atoms with E-state index in [9.17, 15) is 9.59 Å². The average Bonchev–Trinajstić information content (AvgIpc) is 3.07. The molecule has 0 radical (unpaired) electrons. The van der Waals surface area contributed by atoms with E-state index in [2.05, 4.69) is 0 Å². The first-order valence-electron chi connectivity index (χ1n) is 7.21. The van der Waals surface area contributed by atoms with Gasteiger partial charge in [-0.25, -0.2) is 9.59 Å². The molecular formula is C19H12O4. The van der Waals surface area contributed by atoms with Gasteiger partial charge in [-0.05, 0) is 24.1 Å². The fourth-order valence-electron chi connectivity index (χ4n) is 2.84. The zero-order valence-electron chi connectivity index (χ0n) is 12.3. The lowest BCUT2D eigenvalue weighted by molar-refractivity contribution is -0.133. The normalized spacial score (nSPS) is 16.6. The molecule has 112 valence electrons. The predicted octanol–water partition coefficient (Wildman–Crippen LogP) is 3.45. The molecule has 0 atom stereocenters. The lowest BCUT2D eigenvalue weighted by atomic mass is 10.00. The van der Waals surface area contributed by atoms with Gasteiger partial charge in [-0.15, -0.1) is 0 Å². The first-order valence-corrected chi connectivity index (χ1v) is 7.21. The van der Waals surface area contributed by atoms with Gasteiger partial charge < -0.3 is 9.47 Å². The number of carbonyl (C=O) groups excluding carboxylic acids is 2. The van der Waals surface area contributed by atoms with Crippen LogP contribution >= 0.6 is 0 Å². The van der Waals surface area contributed by atoms with Crippen LogP contribution in [0.4, 0.5) is 0 Å². The van der Waals surface area contributed by atoms with Crippen LogP contribution in [0.1, 0.15) is 12.5 Å². The summed E-state index contributed by atoms with van der Waals surface area (Å²) in [4.78, 5) is 24.0. The molecule has 0 N–H and O–H groups in total. The van der Waals surface area contributed by atoms with Crippen LogP contribution in [0.2, 0.25) is 0 Å². The van der Waals surface area contributed by atoms with Crippen LogP contribution in [0.5, 0.6) is 0 Å². The van der Waals surface area contributed by atoms with E-state index in [1.807, 2.05) is 54.6 Å². The van der Waals surface area contributed by atoms with Crippen LogP contribution in [-0.4, -0.2) is 11.9 Å². The van der Waals surface area contributed by atoms with Crippen LogP contribution in [0, 0.1) is 0 Å². The van der Waals surface area contributed by atoms with E-state index in [0.717, 1.165) is 11.1 Å². The third kappa shape index (κ3) is 2.07. The van der Waals surface area contributed by atoms with Crippen LogP contribution in [0.25, 0.3) is 16.9 Å². The van der Waals surface area contributed by atoms with E-state index in [4.69, 9.17) is 9.47 Å². The Hall–Kier alpha value is -3.14. The molecule has 2 aromatic rings. The van der Waals surface area contributed by atoms with Gasteiger partial charge in [0.2, 0.25) is 0 Å². The topological polar surface area (TPSA) is 52.6 Å². The number of rotatable bonds is 2. The Morgan fingerprint density at radius 2 is 1.35 bits per heavy atom. The van der Waals surface area contributed by atoms with E-state index in [1.165, 1.54) is 0 Å². The second-order valence-corrected chi connectivity index (χ2v) is 5.36. The molecule has 0 unspecified atom stereocenters. The van der Waals surface area contributed by atoms with E-state index in [0.29, 0.717) is 11.3 Å². The molecule has 4 rings (SSSR count). The van der Waals surface area contributed by atoms with E-state index in [1.54, 1.807) is 6.92 Å². The van der Waals surface area contributed by atoms with Crippen molar-refractivity contribution >= 4 is 17.7 Å². The Morgan fingerprint density at radius 3 is 2.13 bits per heavy atom. The van der Waals surface area contributed by atoms with Crippen molar-refractivity contribution in [3.8, 4) is 11.1 Å². The molecule has 2 heterocycles. The minimum absolute atomic E-state index is 0.220. The molecule has 0 saturated heterocycles. The van der Waals surface area contributed by atoms with Crippen molar-refractivity contribution in [3.63, 3.8) is 0 Å². The summed E-state index contributed by atoms with van der Waals surface area (Å²) in [5.41, 5.74) is 3.15. The molecule has 0 amide bonds. The smallest absolute Gasteiger partial charge is 0.348 e. The van der Waals surface area contributed by atoms with Crippen molar-refractivity contribution in [3.05, 3.63) is 77.1 Å². The van der Waals surface area contributed by atoms with Crippen molar-refractivity contribution in [1.82, 2.24) is 0 Å². The fourth-order valence-corrected chi connectivity index (χ4v) is 2.84. The molecule has 23 heavy (non-hydrogen) atoms. The minimum atomic E-state index is -0.538. The largest absolute Gasteiger partial charge is 0.427 e. The lowest BCUT2D eigenvalue weighted by Gasteiger charge is -2.07. The van der Waals surface area contributed by atoms with Crippen molar-refractivity contribution in [2.45, 2.75) is 6.92 Å². The number of benzene rings is 2. The SMILES string of the molecule is CC1=C2C(=O)OC(c3cccc(-c4ccccc4)c3)=C2C(=O)O1. The van der Waals surface area contributed by atoms with Gasteiger partial charge in [-0.3, -0.25) is 0 Å². The lowest BCUT2D eigenvalue weighted by Crippen LogP contribution is -2.00. The Labute approximate surface area is 132 Å². The number of cyclic esters (lactones) is 2. The second kappa shape index (κ2) is 4.95. The Morgan fingerprint density at radius 1 is 0.696 bits per heavy atom. The summed E-state index contributed by atoms with van der Waals surface area (Å²) in [5.74, 6) is -0.513. The number of hydrogen-bond donors (Lipinski definition) is 0. The fraction of sp³-hybridized carbons (Fsp3) is 0.0526. The highest BCUT2D eigenvalue weighted by Gasteiger charge is 2.43. The summed E-state index contributed by atoms with van der Waals surface area (Å²) < 4.78 is 10.4. The van der Waals surface area contributed by atoms with Crippen LogP contribution < -0.4 is 0 Å². The quantitative estimate of drug-likeness (QED) is 0.797. The van der Waals surface area contributed by atoms with Gasteiger partial charge in [0.1, 0.15) is 16.9 Å². The van der Waals surface area contributed by atoms with Crippen molar-refractivity contribution in [1.29, 1.82) is 0 Å².